The molecule has 0 spiro atoms. The summed E-state index contributed by atoms with van der Waals surface area (Å²) < 4.78 is 38.1. The molecule has 0 heterocycles. The van der Waals surface area contributed by atoms with Crippen LogP contribution < -0.4 is 14.2 Å². The predicted molar refractivity (Wildman–Crippen MR) is 92.9 cm³/mol. The monoisotopic (exact) mass is 366 g/mol. The van der Waals surface area contributed by atoms with Crippen LogP contribution in [-0.4, -0.2) is 27.6 Å². The summed E-state index contributed by atoms with van der Waals surface area (Å²) in [7, 11) is -1.12. The first-order chi connectivity index (χ1) is 11.7. The molecule has 0 atom stereocenters. The summed E-state index contributed by atoms with van der Waals surface area (Å²) in [6, 6.07) is 6.67. The molecule has 25 heavy (non-hydrogen) atoms. The lowest BCUT2D eigenvalue weighted by molar-refractivity contribution is -0.384. The number of anilines is 1. The summed E-state index contributed by atoms with van der Waals surface area (Å²) in [4.78, 5) is 10.4. The SMILES string of the molecule is COc1ccc([N+](=O)[O-])cc1NS(=O)(=O)c1ccc(OC)c(C)c1C. The van der Waals surface area contributed by atoms with Crippen molar-refractivity contribution in [3.63, 3.8) is 0 Å². The van der Waals surface area contributed by atoms with Crippen molar-refractivity contribution >= 4 is 21.4 Å². The molecule has 9 heteroatoms. The van der Waals surface area contributed by atoms with Crippen LogP contribution in [0.4, 0.5) is 11.4 Å². The second-order valence-electron chi connectivity index (χ2n) is 5.26. The largest absolute Gasteiger partial charge is 0.496 e. The van der Waals surface area contributed by atoms with Crippen LogP contribution in [0.15, 0.2) is 35.2 Å². The molecular weight excluding hydrogens is 348 g/mol. The Morgan fingerprint density at radius 2 is 1.60 bits per heavy atom. The Labute approximate surface area is 145 Å². The van der Waals surface area contributed by atoms with E-state index in [0.29, 0.717) is 16.9 Å². The van der Waals surface area contributed by atoms with Gasteiger partial charge in [-0.25, -0.2) is 8.42 Å². The number of nitrogens with zero attached hydrogens (tertiary/aromatic N) is 1. The van der Waals surface area contributed by atoms with Crippen molar-refractivity contribution in [1.29, 1.82) is 0 Å². The van der Waals surface area contributed by atoms with E-state index in [4.69, 9.17) is 9.47 Å². The lowest BCUT2D eigenvalue weighted by Crippen LogP contribution is -2.15. The van der Waals surface area contributed by atoms with Crippen LogP contribution in [0.2, 0.25) is 0 Å². The van der Waals surface area contributed by atoms with E-state index in [0.717, 1.165) is 6.07 Å². The Kier molecular flexibility index (Phi) is 5.17. The van der Waals surface area contributed by atoms with E-state index >= 15 is 0 Å². The number of nitrogens with one attached hydrogen (secondary N) is 1. The zero-order chi connectivity index (χ0) is 18.8. The normalized spacial score (nSPS) is 11.0. The minimum atomic E-state index is -3.97. The number of nitro groups is 1. The standard InChI is InChI=1S/C16H18N2O6S/c1-10-11(2)16(8-7-14(10)23-3)25(21,22)17-13-9-12(18(19)20)5-6-15(13)24-4/h5-9,17H,1-4H3. The third-order valence-electron chi connectivity index (χ3n) is 3.84. The van der Waals surface area contributed by atoms with Gasteiger partial charge in [0.15, 0.2) is 0 Å². The quantitative estimate of drug-likeness (QED) is 0.622. The van der Waals surface area contributed by atoms with E-state index in [1.54, 1.807) is 19.9 Å². The lowest BCUT2D eigenvalue weighted by atomic mass is 10.1. The first-order valence-corrected chi connectivity index (χ1v) is 8.69. The molecule has 8 nitrogen and oxygen atoms in total. The van der Waals surface area contributed by atoms with E-state index in [2.05, 4.69) is 4.72 Å². The van der Waals surface area contributed by atoms with Crippen LogP contribution >= 0.6 is 0 Å². The molecule has 2 aromatic carbocycles. The molecule has 1 N–H and O–H groups in total. The Hall–Kier alpha value is -2.81. The smallest absolute Gasteiger partial charge is 0.271 e. The molecule has 0 fully saturated rings. The van der Waals surface area contributed by atoms with E-state index in [-0.39, 0.29) is 22.0 Å². The summed E-state index contributed by atoms with van der Waals surface area (Å²) >= 11 is 0. The van der Waals surface area contributed by atoms with Gasteiger partial charge in [-0.15, -0.1) is 0 Å². The van der Waals surface area contributed by atoms with Gasteiger partial charge in [0.25, 0.3) is 15.7 Å². The molecule has 0 amide bonds. The number of methoxy groups -OCH3 is 2. The third-order valence-corrected chi connectivity index (χ3v) is 5.35. The van der Waals surface area contributed by atoms with Gasteiger partial charge in [0.05, 0.1) is 29.7 Å². The van der Waals surface area contributed by atoms with Crippen molar-refractivity contribution in [1.82, 2.24) is 0 Å². The molecule has 0 aliphatic rings. The molecule has 0 aliphatic carbocycles. The Bertz CT molecular complexity index is 924. The maximum Gasteiger partial charge on any atom is 0.271 e. The molecule has 2 rings (SSSR count). The maximum absolute atomic E-state index is 12.7. The summed E-state index contributed by atoms with van der Waals surface area (Å²) in [5.74, 6) is 0.751. The van der Waals surface area contributed by atoms with Crippen LogP contribution in [0.5, 0.6) is 11.5 Å². The number of sulfonamides is 1. The first kappa shape index (κ1) is 18.5. The Balaban J connectivity index is 2.51. The lowest BCUT2D eigenvalue weighted by Gasteiger charge is -2.15. The number of rotatable bonds is 6. The van der Waals surface area contributed by atoms with Crippen LogP contribution in [0, 0.1) is 24.0 Å². The van der Waals surface area contributed by atoms with Crippen molar-refractivity contribution < 1.29 is 22.8 Å². The van der Waals surface area contributed by atoms with Gasteiger partial charge in [0.1, 0.15) is 11.5 Å². The van der Waals surface area contributed by atoms with E-state index in [1.165, 1.54) is 32.4 Å². The number of nitro benzene ring substituents is 1. The van der Waals surface area contributed by atoms with E-state index in [1.807, 2.05) is 0 Å². The highest BCUT2D eigenvalue weighted by Gasteiger charge is 2.22. The fourth-order valence-corrected chi connectivity index (χ4v) is 3.73. The molecule has 134 valence electrons. The highest BCUT2D eigenvalue weighted by Crippen LogP contribution is 2.33. The zero-order valence-corrected chi connectivity index (χ0v) is 15.0. The molecule has 0 saturated carbocycles. The molecule has 0 unspecified atom stereocenters. The summed E-state index contributed by atoms with van der Waals surface area (Å²) in [6.07, 6.45) is 0. The molecule has 0 aromatic heterocycles. The van der Waals surface area contributed by atoms with Crippen LogP contribution in [-0.2, 0) is 10.0 Å². The van der Waals surface area contributed by atoms with E-state index in [9.17, 15) is 18.5 Å². The van der Waals surface area contributed by atoms with Gasteiger partial charge >= 0.3 is 0 Å². The fourth-order valence-electron chi connectivity index (χ4n) is 2.37. The third kappa shape index (κ3) is 3.66. The predicted octanol–water partition coefficient (Wildman–Crippen LogP) is 3.03. The summed E-state index contributed by atoms with van der Waals surface area (Å²) in [6.45, 7) is 3.41. The molecule has 0 saturated heterocycles. The molecule has 0 bridgehead atoms. The van der Waals surface area contributed by atoms with Crippen molar-refractivity contribution in [2.45, 2.75) is 18.7 Å². The van der Waals surface area contributed by atoms with Gasteiger partial charge in [-0.3, -0.25) is 14.8 Å². The molecule has 0 aliphatic heterocycles. The van der Waals surface area contributed by atoms with Crippen molar-refractivity contribution in [3.8, 4) is 11.5 Å². The first-order valence-electron chi connectivity index (χ1n) is 7.20. The maximum atomic E-state index is 12.7. The van der Waals surface area contributed by atoms with Gasteiger partial charge in [0, 0.05) is 12.1 Å². The van der Waals surface area contributed by atoms with Crippen LogP contribution in [0.1, 0.15) is 11.1 Å². The van der Waals surface area contributed by atoms with Gasteiger partial charge in [-0.05, 0) is 43.2 Å². The van der Waals surface area contributed by atoms with Crippen molar-refractivity contribution in [3.05, 3.63) is 51.6 Å². The van der Waals surface area contributed by atoms with Crippen molar-refractivity contribution in [2.24, 2.45) is 0 Å². The highest BCUT2D eigenvalue weighted by molar-refractivity contribution is 7.92. The number of benzene rings is 2. The Morgan fingerprint density at radius 3 is 2.16 bits per heavy atom. The van der Waals surface area contributed by atoms with Gasteiger partial charge < -0.3 is 9.47 Å². The number of non-ortho nitro benzene ring substituents is 1. The minimum Gasteiger partial charge on any atom is -0.496 e. The van der Waals surface area contributed by atoms with Gasteiger partial charge in [-0.1, -0.05) is 0 Å². The second kappa shape index (κ2) is 6.98. The topological polar surface area (TPSA) is 108 Å². The molecule has 2 aromatic rings. The number of hydrogen-bond acceptors (Lipinski definition) is 6. The average molecular weight is 366 g/mol. The fraction of sp³-hybridized carbons (Fsp3) is 0.250. The average Bonchev–Trinajstić information content (AvgIpc) is 2.56. The van der Waals surface area contributed by atoms with Gasteiger partial charge in [0.2, 0.25) is 0 Å². The van der Waals surface area contributed by atoms with Crippen molar-refractivity contribution in [2.75, 3.05) is 18.9 Å². The highest BCUT2D eigenvalue weighted by atomic mass is 32.2. The zero-order valence-electron chi connectivity index (χ0n) is 14.2. The number of hydrogen-bond donors (Lipinski definition) is 1. The Morgan fingerprint density at radius 1 is 1.00 bits per heavy atom. The summed E-state index contributed by atoms with van der Waals surface area (Å²) in [5, 5.41) is 10.9. The minimum absolute atomic E-state index is 0.00966. The van der Waals surface area contributed by atoms with Crippen LogP contribution in [0.25, 0.3) is 0 Å². The molecule has 0 radical (unpaired) electrons. The second-order valence-corrected chi connectivity index (χ2v) is 6.91. The van der Waals surface area contributed by atoms with Crippen LogP contribution in [0.3, 0.4) is 0 Å². The summed E-state index contributed by atoms with van der Waals surface area (Å²) in [5.41, 5.74) is 0.957. The van der Waals surface area contributed by atoms with E-state index < -0.39 is 14.9 Å². The molecular formula is C16H18N2O6S. The number of ether oxygens (including phenoxy) is 2. The van der Waals surface area contributed by atoms with Gasteiger partial charge in [-0.2, -0.15) is 0 Å².